The highest BCUT2D eigenvalue weighted by atomic mass is 16.6. The first-order valence-electron chi connectivity index (χ1n) is 18.9. The Kier molecular flexibility index (Phi) is 7.66. The van der Waals surface area contributed by atoms with E-state index in [0.717, 1.165) is 133 Å². The number of piperidine rings is 2. The SMILES string of the molecule is CCCCCCCCN1C(=O)c2cc(N3CCCCC3)c3c4ccc5c6c(ccc(c7c(N8CCCCC8)cc(c2c37)C1=O)c64)C(=O)OC5=O. The third-order valence-electron chi connectivity index (χ3n) is 11.8. The fourth-order valence-electron chi connectivity index (χ4n) is 9.34. The van der Waals surface area contributed by atoms with Gasteiger partial charge in [-0.15, -0.1) is 0 Å². The lowest BCUT2D eigenvalue weighted by molar-refractivity contribution is 0.0390. The molecule has 0 atom stereocenters. The van der Waals surface area contributed by atoms with Crippen LogP contribution in [0.5, 0.6) is 0 Å². The fourth-order valence-corrected chi connectivity index (χ4v) is 9.34. The summed E-state index contributed by atoms with van der Waals surface area (Å²) in [6.07, 6.45) is 13.0. The molecule has 8 nitrogen and oxygen atoms in total. The van der Waals surface area contributed by atoms with Gasteiger partial charge in [-0.2, -0.15) is 0 Å². The smallest absolute Gasteiger partial charge is 0.346 e. The van der Waals surface area contributed by atoms with Crippen molar-refractivity contribution in [2.45, 2.75) is 84.0 Å². The van der Waals surface area contributed by atoms with Crippen LogP contribution in [-0.2, 0) is 4.74 Å². The quantitative estimate of drug-likeness (QED) is 0.0387. The van der Waals surface area contributed by atoms with Crippen molar-refractivity contribution in [1.29, 1.82) is 0 Å². The first-order chi connectivity index (χ1) is 24.5. The molecule has 2 fully saturated rings. The Morgan fingerprint density at radius 3 is 1.52 bits per heavy atom. The van der Waals surface area contributed by atoms with Crippen molar-refractivity contribution < 1.29 is 23.9 Å². The number of hydrogen-bond donors (Lipinski definition) is 0. The Morgan fingerprint density at radius 2 is 1.00 bits per heavy atom. The lowest BCUT2D eigenvalue weighted by atomic mass is 9.81. The van der Waals surface area contributed by atoms with Gasteiger partial charge in [0.05, 0.1) is 22.3 Å². The van der Waals surface area contributed by atoms with Crippen LogP contribution in [0.15, 0.2) is 36.4 Å². The van der Waals surface area contributed by atoms with E-state index in [1.807, 2.05) is 12.1 Å². The van der Waals surface area contributed by atoms with Crippen molar-refractivity contribution in [2.24, 2.45) is 0 Å². The summed E-state index contributed by atoms with van der Waals surface area (Å²) >= 11 is 0. The van der Waals surface area contributed by atoms with Crippen LogP contribution in [0.3, 0.4) is 0 Å². The molecule has 0 spiro atoms. The number of imide groups is 1. The van der Waals surface area contributed by atoms with Crippen LogP contribution in [0.4, 0.5) is 11.4 Å². The molecule has 0 radical (unpaired) electrons. The number of ether oxygens (including phenoxy) is 1. The number of rotatable bonds is 9. The van der Waals surface area contributed by atoms with E-state index in [1.54, 1.807) is 12.1 Å². The first-order valence-corrected chi connectivity index (χ1v) is 18.9. The molecule has 4 heterocycles. The number of cyclic esters (lactones) is 2. The third-order valence-corrected chi connectivity index (χ3v) is 11.8. The van der Waals surface area contributed by atoms with Gasteiger partial charge >= 0.3 is 11.9 Å². The van der Waals surface area contributed by atoms with Crippen molar-refractivity contribution >= 4 is 78.2 Å². The van der Waals surface area contributed by atoms with E-state index in [-0.39, 0.29) is 11.8 Å². The van der Waals surface area contributed by atoms with Gasteiger partial charge in [-0.25, -0.2) is 9.59 Å². The maximum atomic E-state index is 14.6. The zero-order valence-corrected chi connectivity index (χ0v) is 28.9. The van der Waals surface area contributed by atoms with Gasteiger partial charge in [0.1, 0.15) is 0 Å². The number of carbonyl (C=O) groups is 4. The Balaban J connectivity index is 1.37. The van der Waals surface area contributed by atoms with E-state index in [0.29, 0.717) is 34.2 Å². The minimum Gasteiger partial charge on any atom is -0.386 e. The largest absolute Gasteiger partial charge is 0.386 e. The minimum absolute atomic E-state index is 0.207. The predicted molar refractivity (Wildman–Crippen MR) is 198 cm³/mol. The van der Waals surface area contributed by atoms with Crippen LogP contribution in [0, 0.1) is 0 Å². The molecule has 0 unspecified atom stereocenters. The van der Waals surface area contributed by atoms with Gasteiger partial charge in [0, 0.05) is 71.0 Å². The highest BCUT2D eigenvalue weighted by molar-refractivity contribution is 6.44. The lowest BCUT2D eigenvalue weighted by Gasteiger charge is -2.36. The normalized spacial score (nSPS) is 18.1. The number of benzene rings is 5. The first kappa shape index (κ1) is 31.3. The van der Waals surface area contributed by atoms with E-state index in [1.165, 1.54) is 24.2 Å². The van der Waals surface area contributed by atoms with E-state index < -0.39 is 11.9 Å². The summed E-state index contributed by atoms with van der Waals surface area (Å²) in [5.74, 6) is -1.67. The van der Waals surface area contributed by atoms with Gasteiger partial charge in [0.25, 0.3) is 11.8 Å². The van der Waals surface area contributed by atoms with Gasteiger partial charge in [-0.3, -0.25) is 14.5 Å². The molecule has 0 N–H and O–H groups in total. The molecule has 0 saturated carbocycles. The summed E-state index contributed by atoms with van der Waals surface area (Å²) in [4.78, 5) is 61.7. The molecule has 5 aromatic rings. The minimum atomic E-state index is -0.628. The Morgan fingerprint density at radius 1 is 0.520 bits per heavy atom. The van der Waals surface area contributed by atoms with Gasteiger partial charge in [-0.1, -0.05) is 51.2 Å². The number of amides is 2. The Bertz CT molecular complexity index is 2100. The van der Waals surface area contributed by atoms with Gasteiger partial charge < -0.3 is 14.5 Å². The predicted octanol–water partition coefficient (Wildman–Crippen LogP) is 8.98. The Hall–Kier alpha value is -4.72. The summed E-state index contributed by atoms with van der Waals surface area (Å²) in [6, 6.07) is 11.6. The zero-order chi connectivity index (χ0) is 34.1. The molecule has 8 heteroatoms. The molecule has 4 aliphatic heterocycles. The summed E-state index contributed by atoms with van der Waals surface area (Å²) in [7, 11) is 0. The molecular weight excluding hydrogens is 626 g/mol. The summed E-state index contributed by atoms with van der Waals surface area (Å²) in [5, 5.41) is 7.03. The molecule has 0 aliphatic carbocycles. The van der Waals surface area contributed by atoms with Gasteiger partial charge in [0.2, 0.25) is 0 Å². The molecule has 0 bridgehead atoms. The molecule has 50 heavy (non-hydrogen) atoms. The maximum Gasteiger partial charge on any atom is 0.346 e. The number of anilines is 2. The van der Waals surface area contributed by atoms with Crippen molar-refractivity contribution in [3.8, 4) is 0 Å². The number of nitrogens with zero attached hydrogens (tertiary/aromatic N) is 3. The number of hydrogen-bond acceptors (Lipinski definition) is 7. The molecule has 9 rings (SSSR count). The molecular formula is C42H43N3O5. The highest BCUT2D eigenvalue weighted by Gasteiger charge is 2.38. The second-order valence-electron chi connectivity index (χ2n) is 14.8. The number of fused-ring (bicyclic) bond motifs is 2. The van der Waals surface area contributed by atoms with Crippen molar-refractivity contribution in [1.82, 2.24) is 4.90 Å². The summed E-state index contributed by atoms with van der Waals surface area (Å²) < 4.78 is 5.16. The average molecular weight is 670 g/mol. The van der Waals surface area contributed by atoms with Crippen molar-refractivity contribution in [3.05, 3.63) is 58.7 Å². The van der Waals surface area contributed by atoms with Crippen molar-refractivity contribution in [2.75, 3.05) is 42.5 Å². The van der Waals surface area contributed by atoms with Gasteiger partial charge in [-0.05, 0) is 85.4 Å². The lowest BCUT2D eigenvalue weighted by Crippen LogP contribution is -2.41. The highest BCUT2D eigenvalue weighted by Crippen LogP contribution is 2.52. The summed E-state index contributed by atoms with van der Waals surface area (Å²) in [5.41, 5.74) is 3.98. The van der Waals surface area contributed by atoms with Crippen LogP contribution < -0.4 is 9.80 Å². The van der Waals surface area contributed by atoms with E-state index in [2.05, 4.69) is 28.9 Å². The topological polar surface area (TPSA) is 87.2 Å². The standard InChI is InChI=1S/C42H43N3O5/c1-2-3-4-5-6-13-22-45-39(46)29-23-31(43-18-9-7-10-19-43)36-25-14-16-27-34-28(42(49)50-41(27)48)17-15-26(33(25)34)37-32(44-20-11-8-12-21-44)24-30(40(45)47)35(29)38(36)37/h14-17,23-24H,2-13,18-22H2,1H3. The average Bonchev–Trinajstić information content (AvgIpc) is 3.15. The maximum absolute atomic E-state index is 14.6. The monoisotopic (exact) mass is 669 g/mol. The van der Waals surface area contributed by atoms with Crippen LogP contribution in [0.25, 0.3) is 43.1 Å². The molecule has 2 saturated heterocycles. The van der Waals surface area contributed by atoms with E-state index in [9.17, 15) is 19.2 Å². The third kappa shape index (κ3) is 4.63. The summed E-state index contributed by atoms with van der Waals surface area (Å²) in [6.45, 7) is 6.12. The number of unbranched alkanes of at least 4 members (excludes halogenated alkanes) is 5. The van der Waals surface area contributed by atoms with E-state index in [4.69, 9.17) is 4.74 Å². The van der Waals surface area contributed by atoms with Crippen LogP contribution in [-0.4, -0.2) is 61.4 Å². The van der Waals surface area contributed by atoms with Crippen molar-refractivity contribution in [3.63, 3.8) is 0 Å². The molecule has 4 aliphatic rings. The fraction of sp³-hybridized carbons (Fsp3) is 0.429. The Labute approximate surface area is 291 Å². The van der Waals surface area contributed by atoms with E-state index >= 15 is 0 Å². The van der Waals surface area contributed by atoms with Crippen LogP contribution in [0.2, 0.25) is 0 Å². The number of carbonyl (C=O) groups excluding carboxylic acids is 4. The number of esters is 2. The second kappa shape index (κ2) is 12.3. The molecule has 0 aromatic heterocycles. The molecule has 256 valence electrons. The second-order valence-corrected chi connectivity index (χ2v) is 14.8. The molecule has 5 aromatic carbocycles. The van der Waals surface area contributed by atoms with Gasteiger partial charge in [0.15, 0.2) is 0 Å². The van der Waals surface area contributed by atoms with Crippen LogP contribution >= 0.6 is 0 Å². The molecule has 2 amide bonds. The van der Waals surface area contributed by atoms with Crippen LogP contribution in [0.1, 0.15) is 125 Å². The zero-order valence-electron chi connectivity index (χ0n) is 28.9.